The Bertz CT molecular complexity index is 354. The van der Waals surface area contributed by atoms with Crippen LogP contribution in [0, 0.1) is 0 Å². The van der Waals surface area contributed by atoms with Gasteiger partial charge in [-0.25, -0.2) is 9.78 Å². The van der Waals surface area contributed by atoms with Crippen LogP contribution in [0.25, 0.3) is 0 Å². The highest BCUT2D eigenvalue weighted by atomic mass is 16.5. The second kappa shape index (κ2) is 5.14. The molecule has 0 bridgehead atoms. The molecule has 0 saturated heterocycles. The van der Waals surface area contributed by atoms with Gasteiger partial charge in [-0.1, -0.05) is 0 Å². The van der Waals surface area contributed by atoms with Gasteiger partial charge in [0.15, 0.2) is 0 Å². The summed E-state index contributed by atoms with van der Waals surface area (Å²) in [7, 11) is 3.11. The summed E-state index contributed by atoms with van der Waals surface area (Å²) in [6.45, 7) is 2.03. The van der Waals surface area contributed by atoms with Crippen LogP contribution in [-0.2, 0) is 4.74 Å². The highest BCUT2D eigenvalue weighted by molar-refractivity contribution is 5.91. The number of anilines is 1. The summed E-state index contributed by atoms with van der Waals surface area (Å²) < 4.78 is 9.79. The van der Waals surface area contributed by atoms with E-state index in [9.17, 15) is 4.79 Å². The fourth-order valence-electron chi connectivity index (χ4n) is 0.991. The molecule has 1 aromatic heterocycles. The molecule has 1 rings (SSSR count). The van der Waals surface area contributed by atoms with E-state index in [2.05, 4.69) is 15.3 Å². The third kappa shape index (κ3) is 2.55. The van der Waals surface area contributed by atoms with E-state index in [-0.39, 0.29) is 11.4 Å². The molecule has 0 aliphatic rings. The van der Waals surface area contributed by atoms with Gasteiger partial charge in [0, 0.05) is 7.05 Å². The largest absolute Gasteiger partial charge is 0.480 e. The van der Waals surface area contributed by atoms with E-state index < -0.39 is 5.97 Å². The second-order valence-corrected chi connectivity index (χ2v) is 2.59. The van der Waals surface area contributed by atoms with Crippen LogP contribution in [0.3, 0.4) is 0 Å². The van der Waals surface area contributed by atoms with Crippen LogP contribution < -0.4 is 10.1 Å². The number of carbonyl (C=O) groups excluding carboxylic acids is 1. The number of hydrogen-bond donors (Lipinski definition) is 1. The number of esters is 1. The average Bonchev–Trinajstić information content (AvgIpc) is 2.28. The van der Waals surface area contributed by atoms with Gasteiger partial charge in [0.05, 0.1) is 19.9 Å². The number of nitrogens with zero attached hydrogens (tertiary/aromatic N) is 2. The van der Waals surface area contributed by atoms with Crippen molar-refractivity contribution in [3.63, 3.8) is 0 Å². The van der Waals surface area contributed by atoms with Crippen LogP contribution >= 0.6 is 0 Å². The second-order valence-electron chi connectivity index (χ2n) is 2.59. The number of rotatable bonds is 4. The molecular formula is C9H13N3O3. The summed E-state index contributed by atoms with van der Waals surface area (Å²) in [6.07, 6.45) is 1.37. The zero-order chi connectivity index (χ0) is 11.3. The van der Waals surface area contributed by atoms with Crippen molar-refractivity contribution in [1.29, 1.82) is 0 Å². The predicted octanol–water partition coefficient (Wildman–Crippen LogP) is 0.704. The highest BCUT2D eigenvalue weighted by Crippen LogP contribution is 2.16. The molecule has 0 fully saturated rings. The minimum Gasteiger partial charge on any atom is -0.480 e. The van der Waals surface area contributed by atoms with E-state index in [1.54, 1.807) is 14.0 Å². The number of methoxy groups -OCH3 is 1. The van der Waals surface area contributed by atoms with Crippen LogP contribution in [-0.4, -0.2) is 36.7 Å². The molecule has 82 valence electrons. The molecule has 0 aliphatic heterocycles. The quantitative estimate of drug-likeness (QED) is 0.739. The minimum atomic E-state index is -0.489. The molecule has 0 aromatic carbocycles. The summed E-state index contributed by atoms with van der Waals surface area (Å²) in [5, 5.41) is 2.75. The predicted molar refractivity (Wildman–Crippen MR) is 54.1 cm³/mol. The normalized spacial score (nSPS) is 9.53. The van der Waals surface area contributed by atoms with Crippen molar-refractivity contribution in [3.8, 4) is 5.88 Å². The van der Waals surface area contributed by atoms with Crippen LogP contribution in [0.4, 0.5) is 5.95 Å². The standard InChI is InChI=1S/C9H13N3O3/c1-4-15-8(13)6-5-11-9(10-2)12-7(6)14-3/h5H,4H2,1-3H3,(H,10,11,12). The fraction of sp³-hybridized carbons (Fsp3) is 0.444. The van der Waals surface area contributed by atoms with Crippen molar-refractivity contribution in [2.24, 2.45) is 0 Å². The molecule has 0 amide bonds. The van der Waals surface area contributed by atoms with Crippen molar-refractivity contribution in [2.45, 2.75) is 6.92 Å². The molecule has 15 heavy (non-hydrogen) atoms. The van der Waals surface area contributed by atoms with Crippen molar-refractivity contribution >= 4 is 11.9 Å². The lowest BCUT2D eigenvalue weighted by molar-refractivity contribution is 0.0521. The topological polar surface area (TPSA) is 73.3 Å². The van der Waals surface area contributed by atoms with Gasteiger partial charge in [0.2, 0.25) is 11.8 Å². The SMILES string of the molecule is CCOC(=O)c1cnc(NC)nc1OC. The van der Waals surface area contributed by atoms with Gasteiger partial charge in [0.1, 0.15) is 5.56 Å². The Hall–Kier alpha value is -1.85. The first-order chi connectivity index (χ1) is 7.22. The number of aromatic nitrogens is 2. The van der Waals surface area contributed by atoms with Gasteiger partial charge in [0.25, 0.3) is 0 Å². The Morgan fingerprint density at radius 2 is 2.33 bits per heavy atom. The Balaban J connectivity index is 3.02. The first-order valence-corrected chi connectivity index (χ1v) is 4.48. The average molecular weight is 211 g/mol. The van der Waals surface area contributed by atoms with E-state index in [0.717, 1.165) is 0 Å². The third-order valence-electron chi connectivity index (χ3n) is 1.67. The van der Waals surface area contributed by atoms with Crippen molar-refractivity contribution in [1.82, 2.24) is 9.97 Å². The molecule has 0 radical (unpaired) electrons. The maximum absolute atomic E-state index is 11.4. The van der Waals surface area contributed by atoms with Crippen LogP contribution in [0.5, 0.6) is 5.88 Å². The Morgan fingerprint density at radius 3 is 2.87 bits per heavy atom. The van der Waals surface area contributed by atoms with Gasteiger partial charge in [-0.2, -0.15) is 4.98 Å². The first-order valence-electron chi connectivity index (χ1n) is 4.48. The maximum Gasteiger partial charge on any atom is 0.345 e. The van der Waals surface area contributed by atoms with Gasteiger partial charge in [-0.3, -0.25) is 0 Å². The smallest absolute Gasteiger partial charge is 0.345 e. The third-order valence-corrected chi connectivity index (χ3v) is 1.67. The summed E-state index contributed by atoms with van der Waals surface area (Å²) in [4.78, 5) is 19.3. The summed E-state index contributed by atoms with van der Waals surface area (Å²) in [5.41, 5.74) is 0.221. The lowest BCUT2D eigenvalue weighted by atomic mass is 10.3. The summed E-state index contributed by atoms with van der Waals surface area (Å²) in [6, 6.07) is 0. The Kier molecular flexibility index (Phi) is 3.84. The van der Waals surface area contributed by atoms with Crippen molar-refractivity contribution in [3.05, 3.63) is 11.8 Å². The molecule has 0 saturated carbocycles. The molecule has 1 heterocycles. The molecule has 0 spiro atoms. The van der Waals surface area contributed by atoms with Gasteiger partial charge in [-0.15, -0.1) is 0 Å². The molecule has 6 heteroatoms. The van der Waals surface area contributed by atoms with Gasteiger partial charge in [-0.05, 0) is 6.92 Å². The van der Waals surface area contributed by atoms with E-state index in [1.807, 2.05) is 0 Å². The van der Waals surface area contributed by atoms with Crippen molar-refractivity contribution in [2.75, 3.05) is 26.1 Å². The number of ether oxygens (including phenoxy) is 2. The van der Waals surface area contributed by atoms with E-state index >= 15 is 0 Å². The fourth-order valence-corrected chi connectivity index (χ4v) is 0.991. The molecule has 0 unspecified atom stereocenters. The molecule has 1 aromatic rings. The summed E-state index contributed by atoms with van der Waals surface area (Å²) >= 11 is 0. The lowest BCUT2D eigenvalue weighted by Gasteiger charge is -2.07. The zero-order valence-corrected chi connectivity index (χ0v) is 8.90. The molecule has 1 N–H and O–H groups in total. The van der Waals surface area contributed by atoms with E-state index in [1.165, 1.54) is 13.3 Å². The number of carbonyl (C=O) groups is 1. The first kappa shape index (κ1) is 11.2. The molecule has 0 aliphatic carbocycles. The maximum atomic E-state index is 11.4. The van der Waals surface area contributed by atoms with Crippen molar-refractivity contribution < 1.29 is 14.3 Å². The van der Waals surface area contributed by atoms with Gasteiger partial charge >= 0.3 is 5.97 Å². The van der Waals surface area contributed by atoms with Crippen LogP contribution in [0.15, 0.2) is 6.20 Å². The van der Waals surface area contributed by atoms with Gasteiger partial charge < -0.3 is 14.8 Å². The monoisotopic (exact) mass is 211 g/mol. The highest BCUT2D eigenvalue weighted by Gasteiger charge is 2.15. The van der Waals surface area contributed by atoms with Crippen LogP contribution in [0.1, 0.15) is 17.3 Å². The molecule has 0 atom stereocenters. The summed E-state index contributed by atoms with van der Waals surface area (Å²) in [5.74, 6) is 0.102. The van der Waals surface area contributed by atoms with E-state index in [4.69, 9.17) is 9.47 Å². The number of hydrogen-bond acceptors (Lipinski definition) is 6. The zero-order valence-electron chi connectivity index (χ0n) is 8.90. The minimum absolute atomic E-state index is 0.202. The molecular weight excluding hydrogens is 198 g/mol. The van der Waals surface area contributed by atoms with E-state index in [0.29, 0.717) is 12.6 Å². The lowest BCUT2D eigenvalue weighted by Crippen LogP contribution is -2.10. The Morgan fingerprint density at radius 1 is 1.60 bits per heavy atom. The number of nitrogens with one attached hydrogen (secondary N) is 1. The Labute approximate surface area is 87.6 Å². The molecule has 6 nitrogen and oxygen atoms in total. The van der Waals surface area contributed by atoms with Crippen LogP contribution in [0.2, 0.25) is 0 Å².